The fraction of sp³-hybridized carbons (Fsp3) is 0.333. The Labute approximate surface area is 170 Å². The van der Waals surface area contributed by atoms with Crippen molar-refractivity contribution in [3.8, 4) is 0 Å². The highest BCUT2D eigenvalue weighted by Gasteiger charge is 2.23. The van der Waals surface area contributed by atoms with Crippen LogP contribution in [-0.4, -0.2) is 32.6 Å². The van der Waals surface area contributed by atoms with Crippen LogP contribution in [0, 0.1) is 18.7 Å². The van der Waals surface area contributed by atoms with Crippen LogP contribution in [0.5, 0.6) is 0 Å². The predicted molar refractivity (Wildman–Crippen MR) is 113 cm³/mol. The largest absolute Gasteiger partial charge is 0.348 e. The average molecular weight is 409 g/mol. The number of anilines is 1. The topological polar surface area (TPSA) is 63.9 Å². The molecule has 0 unspecified atom stereocenters. The van der Waals surface area contributed by atoms with E-state index in [1.54, 1.807) is 28.3 Å². The molecule has 5 rings (SSSR count). The molecule has 0 radical (unpaired) electrons. The minimum absolute atomic E-state index is 0.0893. The van der Waals surface area contributed by atoms with Crippen LogP contribution in [0.4, 0.5) is 9.52 Å². The Bertz CT molecular complexity index is 1230. The molecule has 1 fully saturated rings. The summed E-state index contributed by atoms with van der Waals surface area (Å²) in [6, 6.07) is 6.16. The van der Waals surface area contributed by atoms with E-state index in [0.29, 0.717) is 29.2 Å². The summed E-state index contributed by atoms with van der Waals surface area (Å²) in [5.41, 5.74) is 1.27. The van der Waals surface area contributed by atoms with E-state index in [0.717, 1.165) is 41.3 Å². The molecule has 29 heavy (non-hydrogen) atoms. The van der Waals surface area contributed by atoms with Crippen molar-refractivity contribution < 1.29 is 4.39 Å². The van der Waals surface area contributed by atoms with Crippen LogP contribution in [0.2, 0.25) is 0 Å². The maximum atomic E-state index is 13.5. The molecule has 6 nitrogen and oxygen atoms in total. The summed E-state index contributed by atoms with van der Waals surface area (Å²) in [6.45, 7) is 4.29. The molecule has 4 aromatic rings. The van der Waals surface area contributed by atoms with Gasteiger partial charge in [0.1, 0.15) is 17.2 Å². The molecule has 1 saturated heterocycles. The van der Waals surface area contributed by atoms with Crippen molar-refractivity contribution >= 4 is 37.6 Å². The van der Waals surface area contributed by atoms with Gasteiger partial charge in [-0.25, -0.2) is 14.4 Å². The van der Waals surface area contributed by atoms with Crippen molar-refractivity contribution in [2.45, 2.75) is 26.3 Å². The second-order valence-electron chi connectivity index (χ2n) is 7.51. The minimum atomic E-state index is -0.375. The lowest BCUT2D eigenvalue weighted by Crippen LogP contribution is -2.37. The maximum Gasteiger partial charge on any atom is 0.261 e. The van der Waals surface area contributed by atoms with Crippen LogP contribution >= 0.6 is 11.3 Å². The van der Waals surface area contributed by atoms with Crippen molar-refractivity contribution in [3.05, 3.63) is 58.7 Å². The quantitative estimate of drug-likeness (QED) is 0.515. The third-order valence-electron chi connectivity index (χ3n) is 5.61. The summed E-state index contributed by atoms with van der Waals surface area (Å²) in [5.74, 6) is 0.659. The Morgan fingerprint density at radius 3 is 2.79 bits per heavy atom. The summed E-state index contributed by atoms with van der Waals surface area (Å²) >= 11 is 1.70. The Balaban J connectivity index is 1.33. The fourth-order valence-electron chi connectivity index (χ4n) is 3.99. The molecule has 4 heterocycles. The monoisotopic (exact) mass is 409 g/mol. The Morgan fingerprint density at radius 2 is 2.00 bits per heavy atom. The molecule has 0 spiro atoms. The summed E-state index contributed by atoms with van der Waals surface area (Å²) in [5, 5.41) is 1.51. The van der Waals surface area contributed by atoms with Crippen molar-refractivity contribution in [3.63, 3.8) is 0 Å². The number of thiazole rings is 1. The van der Waals surface area contributed by atoms with Crippen LogP contribution in [0.3, 0.4) is 0 Å². The van der Waals surface area contributed by atoms with Gasteiger partial charge in [0.15, 0.2) is 5.13 Å². The van der Waals surface area contributed by atoms with E-state index in [4.69, 9.17) is 4.98 Å². The standard InChI is InChI=1S/C21H20FN5OS/c1-13-24-17-10-15(22)2-3-16(17)20(28)27(13)12-14-5-8-26(9-6-14)21-25-18-11-23-7-4-19(18)29-21/h2-4,7,10-11,14H,5-6,8-9,12H2,1H3. The van der Waals surface area contributed by atoms with E-state index in [9.17, 15) is 9.18 Å². The van der Waals surface area contributed by atoms with Crippen LogP contribution in [0.25, 0.3) is 21.1 Å². The van der Waals surface area contributed by atoms with E-state index in [2.05, 4.69) is 14.9 Å². The number of nitrogens with zero attached hydrogens (tertiary/aromatic N) is 5. The van der Waals surface area contributed by atoms with Gasteiger partial charge >= 0.3 is 0 Å². The molecular weight excluding hydrogens is 389 g/mol. The lowest BCUT2D eigenvalue weighted by Gasteiger charge is -2.32. The van der Waals surface area contributed by atoms with Crippen molar-refractivity contribution in [1.29, 1.82) is 0 Å². The number of aryl methyl sites for hydroxylation is 1. The fourth-order valence-corrected chi connectivity index (χ4v) is 4.97. The van der Waals surface area contributed by atoms with E-state index >= 15 is 0 Å². The highest BCUT2D eigenvalue weighted by molar-refractivity contribution is 7.22. The number of fused-ring (bicyclic) bond motifs is 2. The molecule has 0 atom stereocenters. The van der Waals surface area contributed by atoms with Gasteiger partial charge in [0.2, 0.25) is 0 Å². The molecule has 0 aliphatic carbocycles. The molecule has 1 aliphatic rings. The number of rotatable bonds is 3. The lowest BCUT2D eigenvalue weighted by molar-refractivity contribution is 0.348. The third kappa shape index (κ3) is 3.37. The number of hydrogen-bond acceptors (Lipinski definition) is 6. The Hall–Kier alpha value is -2.87. The summed E-state index contributed by atoms with van der Waals surface area (Å²) in [7, 11) is 0. The van der Waals surface area contributed by atoms with Gasteiger partial charge in [0.05, 0.1) is 21.8 Å². The predicted octanol–water partition coefficient (Wildman–Crippen LogP) is 3.77. The average Bonchev–Trinajstić information content (AvgIpc) is 3.15. The van der Waals surface area contributed by atoms with Gasteiger partial charge in [-0.15, -0.1) is 0 Å². The molecule has 0 amide bonds. The van der Waals surface area contributed by atoms with Gasteiger partial charge in [-0.05, 0) is 43.9 Å². The van der Waals surface area contributed by atoms with Crippen LogP contribution in [-0.2, 0) is 6.54 Å². The van der Waals surface area contributed by atoms with Crippen LogP contribution in [0.1, 0.15) is 18.7 Å². The van der Waals surface area contributed by atoms with Gasteiger partial charge in [-0.1, -0.05) is 11.3 Å². The SMILES string of the molecule is Cc1nc2cc(F)ccc2c(=O)n1CC1CCN(c2nc3cnccc3s2)CC1. The Morgan fingerprint density at radius 1 is 1.17 bits per heavy atom. The first-order valence-corrected chi connectivity index (χ1v) is 10.5. The molecule has 0 saturated carbocycles. The number of hydrogen-bond donors (Lipinski definition) is 0. The Kier molecular flexibility index (Phi) is 4.50. The van der Waals surface area contributed by atoms with Gasteiger partial charge in [-0.2, -0.15) is 0 Å². The van der Waals surface area contributed by atoms with Crippen molar-refractivity contribution in [2.75, 3.05) is 18.0 Å². The molecule has 0 bridgehead atoms. The number of pyridine rings is 1. The van der Waals surface area contributed by atoms with Gasteiger partial charge in [0, 0.05) is 31.9 Å². The molecule has 1 aromatic carbocycles. The lowest BCUT2D eigenvalue weighted by atomic mass is 9.97. The first-order valence-electron chi connectivity index (χ1n) is 9.71. The first-order chi connectivity index (χ1) is 14.1. The zero-order valence-electron chi connectivity index (χ0n) is 16.0. The molecule has 148 valence electrons. The van der Waals surface area contributed by atoms with Gasteiger partial charge < -0.3 is 4.90 Å². The van der Waals surface area contributed by atoms with Crippen LogP contribution < -0.4 is 10.5 Å². The maximum absolute atomic E-state index is 13.5. The number of halogens is 1. The van der Waals surface area contributed by atoms with Crippen molar-refractivity contribution in [1.82, 2.24) is 19.5 Å². The molecular formula is C21H20FN5OS. The second kappa shape index (κ2) is 7.18. The van der Waals surface area contributed by atoms with Crippen molar-refractivity contribution in [2.24, 2.45) is 5.92 Å². The first kappa shape index (κ1) is 18.2. The highest BCUT2D eigenvalue weighted by Crippen LogP contribution is 2.31. The molecule has 1 aliphatic heterocycles. The van der Waals surface area contributed by atoms with E-state index in [-0.39, 0.29) is 11.4 Å². The molecule has 3 aromatic heterocycles. The minimum Gasteiger partial charge on any atom is -0.348 e. The normalized spacial score (nSPS) is 15.4. The zero-order chi connectivity index (χ0) is 20.0. The summed E-state index contributed by atoms with van der Waals surface area (Å²) < 4.78 is 16.3. The van der Waals surface area contributed by atoms with E-state index in [1.807, 2.05) is 13.0 Å². The highest BCUT2D eigenvalue weighted by atomic mass is 32.1. The number of piperidine rings is 1. The second-order valence-corrected chi connectivity index (χ2v) is 8.52. The van der Waals surface area contributed by atoms with Gasteiger partial charge in [-0.3, -0.25) is 14.3 Å². The van der Waals surface area contributed by atoms with Gasteiger partial charge in [0.25, 0.3) is 5.56 Å². The van der Waals surface area contributed by atoms with E-state index < -0.39 is 0 Å². The van der Waals surface area contributed by atoms with E-state index in [1.165, 1.54) is 18.2 Å². The smallest absolute Gasteiger partial charge is 0.261 e. The molecule has 0 N–H and O–H groups in total. The third-order valence-corrected chi connectivity index (χ3v) is 6.71. The summed E-state index contributed by atoms with van der Waals surface area (Å²) in [6.07, 6.45) is 5.57. The molecule has 8 heteroatoms. The number of benzene rings is 1. The number of aromatic nitrogens is 4. The summed E-state index contributed by atoms with van der Waals surface area (Å²) in [4.78, 5) is 28.5. The zero-order valence-corrected chi connectivity index (χ0v) is 16.8. The van der Waals surface area contributed by atoms with Crippen LogP contribution in [0.15, 0.2) is 41.5 Å².